The van der Waals surface area contributed by atoms with Gasteiger partial charge in [-0.3, -0.25) is 4.79 Å². The molecule has 2 aromatic rings. The van der Waals surface area contributed by atoms with Gasteiger partial charge in [0, 0.05) is 19.7 Å². The predicted molar refractivity (Wildman–Crippen MR) is 102 cm³/mol. The third-order valence-electron chi connectivity index (χ3n) is 4.52. The normalized spacial score (nSPS) is 17.0. The highest BCUT2D eigenvalue weighted by Crippen LogP contribution is 2.18. The van der Waals surface area contributed by atoms with Gasteiger partial charge < -0.3 is 10.1 Å². The Morgan fingerprint density at radius 2 is 1.86 bits per heavy atom. The first-order valence-corrected chi connectivity index (χ1v) is 10.6. The maximum Gasteiger partial charge on any atom is 0.243 e. The highest BCUT2D eigenvalue weighted by molar-refractivity contribution is 7.89. The quantitative estimate of drug-likeness (QED) is 0.730. The molecule has 0 aliphatic carbocycles. The molecule has 1 amide bonds. The average Bonchev–Trinajstić information content (AvgIpc) is 3.22. The second-order valence-corrected chi connectivity index (χ2v) is 8.59. The van der Waals surface area contributed by atoms with Gasteiger partial charge in [0.15, 0.2) is 0 Å². The number of hydrogen-bond acceptors (Lipinski definition) is 4. The Morgan fingerprint density at radius 1 is 1.14 bits per heavy atom. The molecule has 2 aromatic carbocycles. The van der Waals surface area contributed by atoms with E-state index in [2.05, 4.69) is 5.32 Å². The first kappa shape index (κ1) is 20.4. The molecular weight excluding hydrogens is 383 g/mol. The van der Waals surface area contributed by atoms with E-state index < -0.39 is 21.7 Å². The lowest BCUT2D eigenvalue weighted by Crippen LogP contribution is -2.42. The van der Waals surface area contributed by atoms with E-state index in [0.29, 0.717) is 18.7 Å². The van der Waals surface area contributed by atoms with Gasteiger partial charge in [0.25, 0.3) is 0 Å². The Morgan fingerprint density at radius 3 is 2.50 bits per heavy atom. The monoisotopic (exact) mass is 406 g/mol. The molecule has 1 aliphatic rings. The van der Waals surface area contributed by atoms with Crippen LogP contribution in [0.3, 0.4) is 0 Å². The minimum absolute atomic E-state index is 0.0276. The summed E-state index contributed by atoms with van der Waals surface area (Å²) in [5.41, 5.74) is 0.591. The number of carbonyl (C=O) groups is 1. The molecule has 1 saturated heterocycles. The summed E-state index contributed by atoms with van der Waals surface area (Å²) in [6, 6.07) is 13.5. The second kappa shape index (κ2) is 9.27. The Labute approximate surface area is 164 Å². The summed E-state index contributed by atoms with van der Waals surface area (Å²) in [5, 5.41) is 2.74. The second-order valence-electron chi connectivity index (χ2n) is 6.65. The van der Waals surface area contributed by atoms with Crippen LogP contribution in [-0.2, 0) is 26.1 Å². The average molecular weight is 406 g/mol. The maximum absolute atomic E-state index is 13.2. The van der Waals surface area contributed by atoms with Crippen LogP contribution in [0.4, 0.5) is 4.39 Å². The summed E-state index contributed by atoms with van der Waals surface area (Å²) in [5.74, 6) is -0.812. The molecule has 1 N–H and O–H groups in total. The zero-order valence-corrected chi connectivity index (χ0v) is 16.2. The Bertz CT molecular complexity index is 882. The zero-order valence-electron chi connectivity index (χ0n) is 15.4. The van der Waals surface area contributed by atoms with Crippen molar-refractivity contribution in [3.8, 4) is 0 Å². The molecule has 8 heteroatoms. The molecule has 0 spiro atoms. The molecule has 0 bridgehead atoms. The van der Waals surface area contributed by atoms with E-state index in [9.17, 15) is 17.6 Å². The highest BCUT2D eigenvalue weighted by Gasteiger charge is 2.27. The molecule has 6 nitrogen and oxygen atoms in total. The minimum Gasteiger partial charge on any atom is -0.376 e. The van der Waals surface area contributed by atoms with Gasteiger partial charge in [-0.05, 0) is 42.7 Å². The van der Waals surface area contributed by atoms with Crippen molar-refractivity contribution in [3.63, 3.8) is 0 Å². The lowest BCUT2D eigenvalue weighted by Gasteiger charge is -2.22. The van der Waals surface area contributed by atoms with Crippen molar-refractivity contribution in [2.45, 2.75) is 30.4 Å². The van der Waals surface area contributed by atoms with E-state index in [0.717, 1.165) is 17.1 Å². The van der Waals surface area contributed by atoms with Crippen LogP contribution in [0.25, 0.3) is 0 Å². The fourth-order valence-corrected chi connectivity index (χ4v) is 4.42. The van der Waals surface area contributed by atoms with Crippen LogP contribution in [0.5, 0.6) is 0 Å². The number of nitrogens with one attached hydrogen (secondary N) is 1. The van der Waals surface area contributed by atoms with Crippen molar-refractivity contribution in [2.24, 2.45) is 0 Å². The zero-order chi connectivity index (χ0) is 20.0. The standard InChI is InChI=1S/C20H23FN2O4S/c21-17-10-8-16(9-11-17)14-23(28(25,26)19-6-2-1-3-7-19)15-20(24)22-13-18-5-4-12-27-18/h1-3,6-11,18H,4-5,12-15H2,(H,22,24)/t18-/m1/s1. The van der Waals surface area contributed by atoms with Crippen LogP contribution in [0.1, 0.15) is 18.4 Å². The molecule has 1 aliphatic heterocycles. The number of sulfonamides is 1. The molecule has 1 fully saturated rings. The molecule has 0 aromatic heterocycles. The molecular formula is C20H23FN2O4S. The third kappa shape index (κ3) is 5.37. The summed E-state index contributed by atoms with van der Waals surface area (Å²) in [4.78, 5) is 12.5. The van der Waals surface area contributed by atoms with Crippen molar-refractivity contribution in [3.05, 3.63) is 66.0 Å². The number of benzene rings is 2. The molecule has 1 heterocycles. The maximum atomic E-state index is 13.2. The van der Waals surface area contributed by atoms with E-state index in [1.807, 2.05) is 0 Å². The summed E-state index contributed by atoms with van der Waals surface area (Å²) >= 11 is 0. The lowest BCUT2D eigenvalue weighted by molar-refractivity contribution is -0.121. The summed E-state index contributed by atoms with van der Waals surface area (Å²) in [6.45, 7) is 0.667. The number of halogens is 1. The number of ether oxygens (including phenoxy) is 1. The van der Waals surface area contributed by atoms with Crippen LogP contribution in [0.15, 0.2) is 59.5 Å². The molecule has 0 saturated carbocycles. The number of nitrogens with zero attached hydrogens (tertiary/aromatic N) is 1. The number of hydrogen-bond donors (Lipinski definition) is 1. The number of rotatable bonds is 8. The minimum atomic E-state index is -3.89. The van der Waals surface area contributed by atoms with Gasteiger partial charge in [-0.15, -0.1) is 0 Å². The molecule has 28 heavy (non-hydrogen) atoms. The molecule has 3 rings (SSSR count). The number of amides is 1. The van der Waals surface area contributed by atoms with Crippen LogP contribution < -0.4 is 5.32 Å². The van der Waals surface area contributed by atoms with E-state index >= 15 is 0 Å². The van der Waals surface area contributed by atoms with E-state index in [1.165, 1.54) is 36.4 Å². The van der Waals surface area contributed by atoms with E-state index in [-0.39, 0.29) is 24.1 Å². The van der Waals surface area contributed by atoms with Gasteiger partial charge in [0.1, 0.15) is 5.82 Å². The van der Waals surface area contributed by atoms with Crippen LogP contribution >= 0.6 is 0 Å². The fraction of sp³-hybridized carbons (Fsp3) is 0.350. The van der Waals surface area contributed by atoms with Gasteiger partial charge >= 0.3 is 0 Å². The lowest BCUT2D eigenvalue weighted by atomic mass is 10.2. The van der Waals surface area contributed by atoms with Crippen molar-refractivity contribution in [1.29, 1.82) is 0 Å². The Kier molecular flexibility index (Phi) is 6.77. The van der Waals surface area contributed by atoms with Crippen LogP contribution in [0, 0.1) is 5.82 Å². The molecule has 0 unspecified atom stereocenters. The largest absolute Gasteiger partial charge is 0.376 e. The van der Waals surface area contributed by atoms with Crippen LogP contribution in [-0.4, -0.2) is 44.4 Å². The van der Waals surface area contributed by atoms with Crippen LogP contribution in [0.2, 0.25) is 0 Å². The summed E-state index contributed by atoms with van der Waals surface area (Å²) < 4.78 is 45.8. The first-order valence-electron chi connectivity index (χ1n) is 9.13. The third-order valence-corrected chi connectivity index (χ3v) is 6.33. The van der Waals surface area contributed by atoms with Gasteiger partial charge in [0.05, 0.1) is 17.5 Å². The van der Waals surface area contributed by atoms with Gasteiger partial charge in [-0.25, -0.2) is 12.8 Å². The van der Waals surface area contributed by atoms with E-state index in [1.54, 1.807) is 18.2 Å². The first-order chi connectivity index (χ1) is 13.4. The molecule has 1 atom stereocenters. The van der Waals surface area contributed by atoms with Crippen molar-refractivity contribution in [1.82, 2.24) is 9.62 Å². The summed E-state index contributed by atoms with van der Waals surface area (Å²) in [6.07, 6.45) is 1.81. The smallest absolute Gasteiger partial charge is 0.243 e. The molecule has 0 radical (unpaired) electrons. The SMILES string of the molecule is O=C(CN(Cc1ccc(F)cc1)S(=O)(=O)c1ccccc1)NC[C@H]1CCCO1. The summed E-state index contributed by atoms with van der Waals surface area (Å²) in [7, 11) is -3.89. The fourth-order valence-electron chi connectivity index (χ4n) is 3.01. The van der Waals surface area contributed by atoms with Gasteiger partial charge in [-0.2, -0.15) is 4.31 Å². The Balaban J connectivity index is 1.75. The van der Waals surface area contributed by atoms with Crippen molar-refractivity contribution >= 4 is 15.9 Å². The molecule has 150 valence electrons. The van der Waals surface area contributed by atoms with Gasteiger partial charge in [-0.1, -0.05) is 30.3 Å². The number of carbonyl (C=O) groups excluding carboxylic acids is 1. The topological polar surface area (TPSA) is 75.7 Å². The highest BCUT2D eigenvalue weighted by atomic mass is 32.2. The van der Waals surface area contributed by atoms with E-state index in [4.69, 9.17) is 4.74 Å². The Hall–Kier alpha value is -2.29. The predicted octanol–water partition coefficient (Wildman–Crippen LogP) is 2.31. The van der Waals surface area contributed by atoms with Gasteiger partial charge in [0.2, 0.25) is 15.9 Å². The van der Waals surface area contributed by atoms with Crippen molar-refractivity contribution in [2.75, 3.05) is 19.7 Å². The van der Waals surface area contributed by atoms with Crippen molar-refractivity contribution < 1.29 is 22.3 Å².